The lowest BCUT2D eigenvalue weighted by Gasteiger charge is -2.18. The van der Waals surface area contributed by atoms with Crippen LogP contribution in [-0.4, -0.2) is 9.97 Å². The summed E-state index contributed by atoms with van der Waals surface area (Å²) in [6, 6.07) is 6.80. The Kier molecular flexibility index (Phi) is 4.81. The van der Waals surface area contributed by atoms with Gasteiger partial charge in [-0.15, -0.1) is 0 Å². The Morgan fingerprint density at radius 2 is 1.67 bits per heavy atom. The molecule has 0 unspecified atom stereocenters. The Bertz CT molecular complexity index is 653. The van der Waals surface area contributed by atoms with E-state index in [1.54, 1.807) is 24.3 Å². The zero-order chi connectivity index (χ0) is 15.6. The van der Waals surface area contributed by atoms with Gasteiger partial charge in [0.1, 0.15) is 16.8 Å². The largest absolute Gasteiger partial charge is 0.298 e. The van der Waals surface area contributed by atoms with Crippen LogP contribution in [-0.2, 0) is 5.41 Å². The summed E-state index contributed by atoms with van der Waals surface area (Å²) >= 11 is 18.0. The predicted molar refractivity (Wildman–Crippen MR) is 89.4 cm³/mol. The van der Waals surface area contributed by atoms with E-state index >= 15 is 0 Å². The first-order valence-electron chi connectivity index (χ1n) is 6.28. The van der Waals surface area contributed by atoms with Gasteiger partial charge in [0.15, 0.2) is 0 Å². The van der Waals surface area contributed by atoms with Gasteiger partial charge in [0.25, 0.3) is 0 Å². The molecule has 1 aromatic heterocycles. The number of anilines is 2. The lowest BCUT2D eigenvalue weighted by Crippen LogP contribution is -2.18. The quantitative estimate of drug-likeness (QED) is 0.595. The fourth-order valence-corrected chi connectivity index (χ4v) is 2.18. The second-order valence-electron chi connectivity index (χ2n) is 5.52. The van der Waals surface area contributed by atoms with Crippen molar-refractivity contribution in [1.82, 2.24) is 9.97 Å². The minimum Gasteiger partial charge on any atom is -0.298 e. The number of hydrogen-bond acceptors (Lipinski definition) is 4. The van der Waals surface area contributed by atoms with Crippen molar-refractivity contribution >= 4 is 46.3 Å². The van der Waals surface area contributed by atoms with E-state index < -0.39 is 0 Å². The van der Waals surface area contributed by atoms with Gasteiger partial charge in [-0.2, -0.15) is 0 Å². The molecule has 7 heteroatoms. The molecule has 0 aliphatic heterocycles. The number of hydrogen-bond donors (Lipinski definition) is 2. The van der Waals surface area contributed by atoms with Gasteiger partial charge in [0.2, 0.25) is 0 Å². The van der Waals surface area contributed by atoms with Crippen LogP contribution in [0.5, 0.6) is 0 Å². The molecule has 4 nitrogen and oxygen atoms in total. The standard InChI is InChI=1S/C14H15Cl3N4/c1-14(2,3)13-18-11(17)7-12(19-13)21-20-10-5-4-8(15)6-9(10)16/h4-7,20H,1-3H3,(H,18,19,21). The van der Waals surface area contributed by atoms with Crippen molar-refractivity contribution in [3.05, 3.63) is 45.3 Å². The van der Waals surface area contributed by atoms with Crippen LogP contribution in [0.2, 0.25) is 15.2 Å². The van der Waals surface area contributed by atoms with Crippen LogP contribution in [0.25, 0.3) is 0 Å². The number of rotatable bonds is 3. The first kappa shape index (κ1) is 16.1. The fraction of sp³-hybridized carbons (Fsp3) is 0.286. The van der Waals surface area contributed by atoms with Crippen LogP contribution in [0.1, 0.15) is 26.6 Å². The van der Waals surface area contributed by atoms with Crippen molar-refractivity contribution < 1.29 is 0 Å². The summed E-state index contributed by atoms with van der Waals surface area (Å²) < 4.78 is 0. The van der Waals surface area contributed by atoms with Gasteiger partial charge in [-0.1, -0.05) is 55.6 Å². The number of nitrogens with one attached hydrogen (secondary N) is 2. The highest BCUT2D eigenvalue weighted by Gasteiger charge is 2.18. The summed E-state index contributed by atoms with van der Waals surface area (Å²) in [5.74, 6) is 1.22. The van der Waals surface area contributed by atoms with Crippen LogP contribution in [0.3, 0.4) is 0 Å². The molecule has 0 bridgehead atoms. The van der Waals surface area contributed by atoms with E-state index in [1.807, 2.05) is 20.8 Å². The van der Waals surface area contributed by atoms with Gasteiger partial charge >= 0.3 is 0 Å². The first-order valence-corrected chi connectivity index (χ1v) is 7.41. The van der Waals surface area contributed by atoms with Crippen LogP contribution in [0.4, 0.5) is 11.5 Å². The molecule has 112 valence electrons. The summed E-state index contributed by atoms with van der Waals surface area (Å²) in [5.41, 5.74) is 6.43. The maximum Gasteiger partial charge on any atom is 0.149 e. The number of aromatic nitrogens is 2. The lowest BCUT2D eigenvalue weighted by atomic mass is 9.96. The van der Waals surface area contributed by atoms with E-state index in [0.29, 0.717) is 32.5 Å². The number of benzene rings is 1. The van der Waals surface area contributed by atoms with Crippen LogP contribution in [0.15, 0.2) is 24.3 Å². The van der Waals surface area contributed by atoms with Gasteiger partial charge in [0, 0.05) is 16.5 Å². The summed E-state index contributed by atoms with van der Waals surface area (Å²) in [6.45, 7) is 6.06. The van der Waals surface area contributed by atoms with Gasteiger partial charge in [0.05, 0.1) is 10.7 Å². The van der Waals surface area contributed by atoms with Crippen molar-refractivity contribution in [2.24, 2.45) is 0 Å². The van der Waals surface area contributed by atoms with Crippen LogP contribution in [0, 0.1) is 0 Å². The van der Waals surface area contributed by atoms with Gasteiger partial charge in [-0.3, -0.25) is 10.9 Å². The normalized spacial score (nSPS) is 11.3. The molecule has 0 saturated carbocycles. The zero-order valence-electron chi connectivity index (χ0n) is 11.8. The van der Waals surface area contributed by atoms with Crippen LogP contribution < -0.4 is 10.9 Å². The summed E-state index contributed by atoms with van der Waals surface area (Å²) in [4.78, 5) is 8.66. The molecule has 21 heavy (non-hydrogen) atoms. The molecular formula is C14H15Cl3N4. The highest BCUT2D eigenvalue weighted by Crippen LogP contribution is 2.26. The van der Waals surface area contributed by atoms with Crippen molar-refractivity contribution in [1.29, 1.82) is 0 Å². The average molecular weight is 346 g/mol. The van der Waals surface area contributed by atoms with Crippen molar-refractivity contribution in [3.8, 4) is 0 Å². The molecule has 1 aromatic carbocycles. The topological polar surface area (TPSA) is 49.8 Å². The van der Waals surface area contributed by atoms with E-state index in [1.165, 1.54) is 0 Å². The minimum atomic E-state index is -0.195. The minimum absolute atomic E-state index is 0.195. The van der Waals surface area contributed by atoms with Crippen LogP contribution >= 0.6 is 34.8 Å². The molecule has 0 radical (unpaired) electrons. The Morgan fingerprint density at radius 3 is 2.29 bits per heavy atom. The molecule has 0 aliphatic rings. The number of halogens is 3. The molecule has 0 aliphatic carbocycles. The summed E-state index contributed by atoms with van der Waals surface area (Å²) in [6.07, 6.45) is 0. The molecular weight excluding hydrogens is 331 g/mol. The first-order chi connectivity index (χ1) is 9.75. The monoisotopic (exact) mass is 344 g/mol. The maximum atomic E-state index is 6.09. The van der Waals surface area contributed by atoms with E-state index in [9.17, 15) is 0 Å². The van der Waals surface area contributed by atoms with E-state index in [4.69, 9.17) is 34.8 Å². The van der Waals surface area contributed by atoms with Gasteiger partial charge in [-0.25, -0.2) is 9.97 Å². The van der Waals surface area contributed by atoms with E-state index in [-0.39, 0.29) is 5.41 Å². The third-order valence-electron chi connectivity index (χ3n) is 2.62. The van der Waals surface area contributed by atoms with Crippen molar-refractivity contribution in [2.75, 3.05) is 10.9 Å². The SMILES string of the molecule is CC(C)(C)c1nc(Cl)cc(NNc2ccc(Cl)cc2Cl)n1. The number of nitrogens with zero attached hydrogens (tertiary/aromatic N) is 2. The molecule has 0 atom stereocenters. The van der Waals surface area contributed by atoms with Crippen molar-refractivity contribution in [2.45, 2.75) is 26.2 Å². The second-order valence-corrected chi connectivity index (χ2v) is 6.75. The molecule has 0 amide bonds. The fourth-order valence-electron chi connectivity index (χ4n) is 1.54. The Balaban J connectivity index is 2.18. The second kappa shape index (κ2) is 6.26. The summed E-state index contributed by atoms with van der Waals surface area (Å²) in [7, 11) is 0. The Labute approximate surface area is 138 Å². The third kappa shape index (κ3) is 4.37. The molecule has 2 rings (SSSR count). The smallest absolute Gasteiger partial charge is 0.149 e. The van der Waals surface area contributed by atoms with Gasteiger partial charge < -0.3 is 0 Å². The highest BCUT2D eigenvalue weighted by atomic mass is 35.5. The lowest BCUT2D eigenvalue weighted by molar-refractivity contribution is 0.546. The summed E-state index contributed by atoms with van der Waals surface area (Å²) in [5, 5.41) is 1.46. The Hall–Kier alpha value is -1.23. The number of hydrazine groups is 1. The molecule has 2 N–H and O–H groups in total. The van der Waals surface area contributed by atoms with Gasteiger partial charge in [-0.05, 0) is 18.2 Å². The molecule has 0 fully saturated rings. The average Bonchev–Trinajstić information content (AvgIpc) is 2.36. The predicted octanol–water partition coefficient (Wildman–Crippen LogP) is 5.17. The van der Waals surface area contributed by atoms with E-state index in [0.717, 1.165) is 0 Å². The highest BCUT2D eigenvalue weighted by molar-refractivity contribution is 6.36. The molecule has 1 heterocycles. The third-order valence-corrected chi connectivity index (χ3v) is 3.36. The Morgan fingerprint density at radius 1 is 0.952 bits per heavy atom. The van der Waals surface area contributed by atoms with Crippen molar-refractivity contribution in [3.63, 3.8) is 0 Å². The molecule has 2 aromatic rings. The molecule has 0 spiro atoms. The zero-order valence-corrected chi connectivity index (χ0v) is 14.1. The van der Waals surface area contributed by atoms with E-state index in [2.05, 4.69) is 20.8 Å². The maximum absolute atomic E-state index is 6.09. The molecule has 0 saturated heterocycles.